The summed E-state index contributed by atoms with van der Waals surface area (Å²) in [5.74, 6) is 0. The molecule has 0 aliphatic heterocycles. The average Bonchev–Trinajstić information content (AvgIpc) is 2.03. The average molecular weight is 201 g/mol. The van der Waals surface area contributed by atoms with Gasteiger partial charge in [-0.05, 0) is 23.8 Å². The predicted octanol–water partition coefficient (Wildman–Crippen LogP) is 2.69. The summed E-state index contributed by atoms with van der Waals surface area (Å²) in [5.41, 5.74) is 1.01. The third-order valence-electron chi connectivity index (χ3n) is 1.32. The third kappa shape index (κ3) is 3.20. The van der Waals surface area contributed by atoms with Crippen LogP contribution in [0.2, 0.25) is 5.02 Å². The van der Waals surface area contributed by atoms with Crippen LogP contribution in [-0.4, -0.2) is 10.5 Å². The van der Waals surface area contributed by atoms with Gasteiger partial charge in [0.05, 0.1) is 0 Å². The molecule has 64 valence electrons. The van der Waals surface area contributed by atoms with Crippen LogP contribution in [0.15, 0.2) is 29.7 Å². The summed E-state index contributed by atoms with van der Waals surface area (Å²) in [7, 11) is -0.885. The summed E-state index contributed by atoms with van der Waals surface area (Å²) in [6.07, 6.45) is 3.44. The van der Waals surface area contributed by atoms with Gasteiger partial charge in [0, 0.05) is 27.5 Å². The summed E-state index contributed by atoms with van der Waals surface area (Å²) in [4.78, 5) is 0. The molecule has 1 nitrogen and oxygen atoms in total. The fourth-order valence-corrected chi connectivity index (χ4v) is 1.22. The molecule has 0 saturated heterocycles. The summed E-state index contributed by atoms with van der Waals surface area (Å²) in [6, 6.07) is 7.37. The minimum atomic E-state index is -0.885. The van der Waals surface area contributed by atoms with Crippen molar-refractivity contribution < 1.29 is 4.21 Å². The molecule has 0 aromatic heterocycles. The summed E-state index contributed by atoms with van der Waals surface area (Å²) >= 11 is 5.69. The lowest BCUT2D eigenvalue weighted by atomic mass is 10.2. The molecule has 1 atom stereocenters. The van der Waals surface area contributed by atoms with Crippen molar-refractivity contribution in [1.82, 2.24) is 0 Å². The minimum Gasteiger partial charge on any atom is -0.255 e. The summed E-state index contributed by atoms with van der Waals surface area (Å²) < 4.78 is 10.7. The Balaban J connectivity index is 2.77. The topological polar surface area (TPSA) is 17.1 Å². The molecule has 0 fully saturated rings. The molecule has 0 radical (unpaired) electrons. The molecule has 1 aromatic rings. The number of hydrogen-bond donors (Lipinski definition) is 0. The highest BCUT2D eigenvalue weighted by atomic mass is 35.5. The van der Waals surface area contributed by atoms with Crippen molar-refractivity contribution in [3.8, 4) is 0 Å². The van der Waals surface area contributed by atoms with Crippen LogP contribution in [0.4, 0.5) is 0 Å². The van der Waals surface area contributed by atoms with E-state index in [0.717, 1.165) is 5.56 Å². The van der Waals surface area contributed by atoms with Gasteiger partial charge in [0.1, 0.15) is 0 Å². The van der Waals surface area contributed by atoms with Gasteiger partial charge in [0.2, 0.25) is 0 Å². The van der Waals surface area contributed by atoms with E-state index >= 15 is 0 Å². The molecule has 0 saturated carbocycles. The van der Waals surface area contributed by atoms with Crippen LogP contribution in [0.3, 0.4) is 0 Å². The summed E-state index contributed by atoms with van der Waals surface area (Å²) in [5, 5.41) is 2.35. The molecule has 0 aliphatic carbocycles. The van der Waals surface area contributed by atoms with E-state index in [2.05, 4.69) is 0 Å². The van der Waals surface area contributed by atoms with Crippen LogP contribution >= 0.6 is 11.6 Å². The minimum absolute atomic E-state index is 0.713. The number of hydrogen-bond acceptors (Lipinski definition) is 1. The molecule has 0 amide bonds. The van der Waals surface area contributed by atoms with Crippen molar-refractivity contribution in [3.63, 3.8) is 0 Å². The van der Waals surface area contributed by atoms with Crippen molar-refractivity contribution >= 4 is 28.5 Å². The Kier molecular flexibility index (Phi) is 3.50. The lowest BCUT2D eigenvalue weighted by Gasteiger charge is -1.91. The van der Waals surface area contributed by atoms with Crippen molar-refractivity contribution in [2.45, 2.75) is 0 Å². The Morgan fingerprint density at radius 3 is 2.42 bits per heavy atom. The van der Waals surface area contributed by atoms with Gasteiger partial charge >= 0.3 is 0 Å². The highest BCUT2D eigenvalue weighted by molar-refractivity contribution is 7.87. The first-order chi connectivity index (χ1) is 5.68. The Morgan fingerprint density at radius 1 is 1.33 bits per heavy atom. The van der Waals surface area contributed by atoms with Crippen molar-refractivity contribution in [1.29, 1.82) is 0 Å². The molecule has 0 unspecified atom stereocenters. The van der Waals surface area contributed by atoms with Crippen LogP contribution in [-0.2, 0) is 10.8 Å². The van der Waals surface area contributed by atoms with Gasteiger partial charge < -0.3 is 0 Å². The molecule has 0 heterocycles. The second-order valence-corrected chi connectivity index (χ2v) is 4.06. The van der Waals surface area contributed by atoms with E-state index < -0.39 is 10.8 Å². The standard InChI is InChI=1S/C9H9ClOS/c1-12(11)7-6-8-2-4-9(10)5-3-8/h2-7H,1H3/b7-6-/t12-/m1/s1. The fourth-order valence-electron chi connectivity index (χ4n) is 0.748. The Morgan fingerprint density at radius 2 is 1.92 bits per heavy atom. The zero-order valence-corrected chi connectivity index (χ0v) is 8.23. The van der Waals surface area contributed by atoms with Crippen LogP contribution in [0.5, 0.6) is 0 Å². The maximum absolute atomic E-state index is 10.7. The first-order valence-electron chi connectivity index (χ1n) is 3.44. The Hall–Kier alpha value is -0.600. The SMILES string of the molecule is C[S@@](=O)/C=C\c1ccc(Cl)cc1. The molecule has 1 rings (SSSR count). The van der Waals surface area contributed by atoms with Crippen LogP contribution in [0, 0.1) is 0 Å². The maximum atomic E-state index is 10.7. The van der Waals surface area contributed by atoms with E-state index in [9.17, 15) is 4.21 Å². The molecule has 0 spiro atoms. The Labute approximate surface area is 79.5 Å². The zero-order chi connectivity index (χ0) is 8.97. The predicted molar refractivity (Wildman–Crippen MR) is 54.6 cm³/mol. The highest BCUT2D eigenvalue weighted by Crippen LogP contribution is 2.10. The van der Waals surface area contributed by atoms with E-state index in [1.54, 1.807) is 23.8 Å². The van der Waals surface area contributed by atoms with Gasteiger partial charge in [-0.15, -0.1) is 0 Å². The van der Waals surface area contributed by atoms with E-state index in [1.165, 1.54) is 0 Å². The third-order valence-corrected chi connectivity index (χ3v) is 2.09. The molecule has 3 heteroatoms. The summed E-state index contributed by atoms with van der Waals surface area (Å²) in [6.45, 7) is 0. The maximum Gasteiger partial charge on any atom is 0.0424 e. The number of rotatable bonds is 2. The van der Waals surface area contributed by atoms with E-state index in [-0.39, 0.29) is 0 Å². The van der Waals surface area contributed by atoms with E-state index in [0.29, 0.717) is 5.02 Å². The molecular formula is C9H9ClOS. The van der Waals surface area contributed by atoms with Crippen LogP contribution in [0.1, 0.15) is 5.56 Å². The van der Waals surface area contributed by atoms with Crippen molar-refractivity contribution in [3.05, 3.63) is 40.3 Å². The van der Waals surface area contributed by atoms with Gasteiger partial charge in [-0.1, -0.05) is 23.7 Å². The molecular weight excluding hydrogens is 192 g/mol. The fraction of sp³-hybridized carbons (Fsp3) is 0.111. The van der Waals surface area contributed by atoms with Gasteiger partial charge in [-0.25, -0.2) is 0 Å². The van der Waals surface area contributed by atoms with E-state index in [1.807, 2.05) is 18.2 Å². The van der Waals surface area contributed by atoms with Crippen molar-refractivity contribution in [2.75, 3.05) is 6.26 Å². The highest BCUT2D eigenvalue weighted by Gasteiger charge is 1.87. The van der Waals surface area contributed by atoms with Gasteiger partial charge in [-0.3, -0.25) is 4.21 Å². The molecule has 1 aromatic carbocycles. The van der Waals surface area contributed by atoms with E-state index in [4.69, 9.17) is 11.6 Å². The second kappa shape index (κ2) is 4.43. The van der Waals surface area contributed by atoms with Crippen LogP contribution in [0.25, 0.3) is 6.08 Å². The number of halogens is 1. The monoisotopic (exact) mass is 200 g/mol. The van der Waals surface area contributed by atoms with Gasteiger partial charge in [0.25, 0.3) is 0 Å². The lowest BCUT2D eigenvalue weighted by Crippen LogP contribution is -1.75. The molecule has 0 aliphatic rings. The quantitative estimate of drug-likeness (QED) is 0.718. The smallest absolute Gasteiger partial charge is 0.0424 e. The Bertz CT molecular complexity index is 303. The first kappa shape index (κ1) is 9.49. The number of benzene rings is 1. The lowest BCUT2D eigenvalue weighted by molar-refractivity contribution is 0.692. The zero-order valence-electron chi connectivity index (χ0n) is 6.66. The van der Waals surface area contributed by atoms with Gasteiger partial charge in [-0.2, -0.15) is 0 Å². The first-order valence-corrected chi connectivity index (χ1v) is 5.44. The molecule has 12 heavy (non-hydrogen) atoms. The molecule has 0 N–H and O–H groups in total. The van der Waals surface area contributed by atoms with Gasteiger partial charge in [0.15, 0.2) is 0 Å². The molecule has 0 bridgehead atoms. The normalized spacial score (nSPS) is 13.5. The largest absolute Gasteiger partial charge is 0.255 e. The van der Waals surface area contributed by atoms with Crippen LogP contribution < -0.4 is 0 Å². The second-order valence-electron chi connectivity index (χ2n) is 2.35. The van der Waals surface area contributed by atoms with Crippen molar-refractivity contribution in [2.24, 2.45) is 0 Å².